The first-order valence-corrected chi connectivity index (χ1v) is 15.8. The summed E-state index contributed by atoms with van der Waals surface area (Å²) < 4.78 is 30.8. The lowest BCUT2D eigenvalue weighted by atomic mass is 9.95. The van der Waals surface area contributed by atoms with Crippen LogP contribution in [0.2, 0.25) is 5.02 Å². The van der Waals surface area contributed by atoms with Crippen molar-refractivity contribution < 1.29 is 18.3 Å². The number of fused-ring (bicyclic) bond motifs is 6. The van der Waals surface area contributed by atoms with Crippen LogP contribution in [-0.4, -0.2) is 57.1 Å². The predicted molar refractivity (Wildman–Crippen MR) is 180 cm³/mol. The standard InChI is InChI=1S/C35H33ClFN5O5/c1-7-24(43)40-14-20-15-46-33-31(41(20)13-19(40)6)21-12-22(36)26(25-17(4)8-9-23-32(25)47-35(45)39-23)27(37)30(21)42(34(33)44)29-18(5)10-11-38-28(29)16(2)3/h7-12,16,19-20H,1,13-15H2,2-6H3,(H,39,45). The highest BCUT2D eigenvalue weighted by Gasteiger charge is 2.41. The van der Waals surface area contributed by atoms with Crippen molar-refractivity contribution in [1.29, 1.82) is 0 Å². The molecule has 1 saturated heterocycles. The molecule has 2 aliphatic heterocycles. The maximum atomic E-state index is 17.7. The minimum Gasteiger partial charge on any atom is -0.484 e. The van der Waals surface area contributed by atoms with Crippen LogP contribution in [0, 0.1) is 19.7 Å². The summed E-state index contributed by atoms with van der Waals surface area (Å²) in [5.74, 6) is -1.68. The highest BCUT2D eigenvalue weighted by Crippen LogP contribution is 2.47. The molecule has 2 atom stereocenters. The maximum absolute atomic E-state index is 17.7. The van der Waals surface area contributed by atoms with E-state index in [0.29, 0.717) is 52.2 Å². The fraction of sp³-hybridized carbons (Fsp3) is 0.314. The molecule has 5 heterocycles. The average Bonchev–Trinajstić information content (AvgIpc) is 3.42. The number of H-pyrrole nitrogens is 1. The minimum absolute atomic E-state index is 0.00574. The molecule has 0 aliphatic carbocycles. The highest BCUT2D eigenvalue weighted by molar-refractivity contribution is 6.35. The quantitative estimate of drug-likeness (QED) is 0.236. The van der Waals surface area contributed by atoms with Crippen LogP contribution in [0.1, 0.15) is 43.5 Å². The SMILES string of the molecule is C=CC(=O)N1CC2COc3c(c4cc(Cl)c(-c5c(C)ccc6[nH]c(=O)oc56)c(F)c4n(-c4c(C)ccnc4C(C)C)c3=O)N2CC1C. The number of piperazine rings is 1. The second-order valence-corrected chi connectivity index (χ2v) is 13.0. The largest absolute Gasteiger partial charge is 0.484 e. The number of halogens is 2. The van der Waals surface area contributed by atoms with E-state index in [4.69, 9.17) is 20.8 Å². The fourth-order valence-electron chi connectivity index (χ4n) is 7.06. The van der Waals surface area contributed by atoms with Gasteiger partial charge in [-0.15, -0.1) is 0 Å². The number of rotatable bonds is 4. The van der Waals surface area contributed by atoms with Gasteiger partial charge in [0.2, 0.25) is 11.7 Å². The first kappa shape index (κ1) is 30.7. The lowest BCUT2D eigenvalue weighted by Crippen LogP contribution is -2.62. The molecule has 7 rings (SSSR count). The van der Waals surface area contributed by atoms with Crippen molar-refractivity contribution in [2.75, 3.05) is 24.6 Å². The Morgan fingerprint density at radius 2 is 1.91 bits per heavy atom. The molecule has 242 valence electrons. The van der Waals surface area contributed by atoms with Crippen LogP contribution in [0.5, 0.6) is 5.75 Å². The summed E-state index contributed by atoms with van der Waals surface area (Å²) in [6, 6.07) is 6.31. The zero-order valence-electron chi connectivity index (χ0n) is 26.6. The number of ether oxygens (including phenoxy) is 1. The van der Waals surface area contributed by atoms with Crippen molar-refractivity contribution in [3.63, 3.8) is 0 Å². The van der Waals surface area contributed by atoms with Crippen molar-refractivity contribution in [2.45, 2.75) is 52.6 Å². The predicted octanol–water partition coefficient (Wildman–Crippen LogP) is 6.00. The van der Waals surface area contributed by atoms with E-state index < -0.39 is 17.1 Å². The van der Waals surface area contributed by atoms with E-state index in [2.05, 4.69) is 16.5 Å². The molecular formula is C35H33ClFN5O5. The summed E-state index contributed by atoms with van der Waals surface area (Å²) >= 11 is 7.01. The molecule has 1 amide bonds. The molecule has 2 unspecified atom stereocenters. The molecule has 2 aromatic carbocycles. The molecule has 2 aliphatic rings. The van der Waals surface area contributed by atoms with Gasteiger partial charge in [0.15, 0.2) is 11.4 Å². The van der Waals surface area contributed by atoms with Gasteiger partial charge in [0.1, 0.15) is 6.61 Å². The lowest BCUT2D eigenvalue weighted by Gasteiger charge is -2.48. The van der Waals surface area contributed by atoms with Gasteiger partial charge in [-0.25, -0.2) is 9.18 Å². The Morgan fingerprint density at radius 1 is 1.15 bits per heavy atom. The van der Waals surface area contributed by atoms with Crippen LogP contribution in [0.4, 0.5) is 10.1 Å². The molecule has 0 bridgehead atoms. The number of benzene rings is 2. The van der Waals surface area contributed by atoms with Crippen molar-refractivity contribution in [2.24, 2.45) is 0 Å². The first-order valence-electron chi connectivity index (χ1n) is 15.4. The number of amides is 1. The third kappa shape index (κ3) is 4.58. The Bertz CT molecular complexity index is 2270. The topological polar surface area (TPSA) is 114 Å². The van der Waals surface area contributed by atoms with E-state index in [0.717, 1.165) is 5.56 Å². The van der Waals surface area contributed by atoms with Crippen LogP contribution in [0.3, 0.4) is 0 Å². The molecule has 1 fully saturated rings. The zero-order chi connectivity index (χ0) is 33.5. The van der Waals surface area contributed by atoms with E-state index in [1.165, 1.54) is 10.6 Å². The Labute approximate surface area is 274 Å². The number of aromatic nitrogens is 3. The number of hydrogen-bond acceptors (Lipinski definition) is 7. The van der Waals surface area contributed by atoms with Gasteiger partial charge < -0.3 is 19.0 Å². The van der Waals surface area contributed by atoms with Crippen molar-refractivity contribution >= 4 is 45.2 Å². The number of aromatic amines is 1. The smallest absolute Gasteiger partial charge is 0.417 e. The average molecular weight is 658 g/mol. The van der Waals surface area contributed by atoms with E-state index in [1.54, 1.807) is 42.3 Å². The molecule has 12 heteroatoms. The van der Waals surface area contributed by atoms with E-state index in [-0.39, 0.29) is 58.0 Å². The summed E-state index contributed by atoms with van der Waals surface area (Å²) in [7, 11) is 0. The van der Waals surface area contributed by atoms with Crippen LogP contribution < -0.4 is 21.0 Å². The Kier molecular flexibility index (Phi) is 7.27. The Hall–Kier alpha value is -4.90. The second-order valence-electron chi connectivity index (χ2n) is 12.6. The number of nitrogens with one attached hydrogen (secondary N) is 1. The molecule has 0 spiro atoms. The number of oxazole rings is 1. The second kappa shape index (κ2) is 11.1. The number of carbonyl (C=O) groups is 1. The van der Waals surface area contributed by atoms with Crippen molar-refractivity contribution in [1.82, 2.24) is 19.4 Å². The van der Waals surface area contributed by atoms with E-state index in [9.17, 15) is 14.4 Å². The summed E-state index contributed by atoms with van der Waals surface area (Å²) in [4.78, 5) is 50.6. The highest BCUT2D eigenvalue weighted by atomic mass is 35.5. The monoisotopic (exact) mass is 657 g/mol. The van der Waals surface area contributed by atoms with E-state index >= 15 is 4.39 Å². The zero-order valence-corrected chi connectivity index (χ0v) is 27.4. The third-order valence-electron chi connectivity index (χ3n) is 9.26. The van der Waals surface area contributed by atoms with Crippen molar-refractivity contribution in [3.8, 4) is 22.6 Å². The van der Waals surface area contributed by atoms with Crippen LogP contribution in [-0.2, 0) is 4.79 Å². The fourth-order valence-corrected chi connectivity index (χ4v) is 7.35. The summed E-state index contributed by atoms with van der Waals surface area (Å²) in [5.41, 5.74) is 3.09. The maximum Gasteiger partial charge on any atom is 0.417 e. The number of aryl methyl sites for hydroxylation is 2. The van der Waals surface area contributed by atoms with Gasteiger partial charge in [-0.2, -0.15) is 0 Å². The Balaban J connectivity index is 1.62. The summed E-state index contributed by atoms with van der Waals surface area (Å²) in [5, 5.41) is 0.425. The van der Waals surface area contributed by atoms with Gasteiger partial charge >= 0.3 is 5.76 Å². The molecule has 1 N–H and O–H groups in total. The van der Waals surface area contributed by atoms with Crippen LogP contribution >= 0.6 is 11.6 Å². The normalized spacial score (nSPS) is 17.6. The number of nitrogens with zero attached hydrogens (tertiary/aromatic N) is 4. The number of carbonyl (C=O) groups excluding carboxylic acids is 1. The third-order valence-corrected chi connectivity index (χ3v) is 9.56. The summed E-state index contributed by atoms with van der Waals surface area (Å²) in [6.07, 6.45) is 2.95. The first-order chi connectivity index (χ1) is 22.4. The van der Waals surface area contributed by atoms with Gasteiger partial charge in [0.05, 0.1) is 39.2 Å². The number of hydrogen-bond donors (Lipinski definition) is 1. The van der Waals surface area contributed by atoms with E-state index in [1.807, 2.05) is 32.6 Å². The van der Waals surface area contributed by atoms with Crippen molar-refractivity contribution in [3.05, 3.63) is 91.7 Å². The van der Waals surface area contributed by atoms with Gasteiger partial charge in [-0.1, -0.05) is 38.1 Å². The van der Waals surface area contributed by atoms with Gasteiger partial charge in [0.25, 0.3) is 5.56 Å². The van der Waals surface area contributed by atoms with Gasteiger partial charge in [-0.3, -0.25) is 24.1 Å². The molecule has 0 radical (unpaired) electrons. The van der Waals surface area contributed by atoms with Gasteiger partial charge in [-0.05, 0) is 62.1 Å². The molecule has 47 heavy (non-hydrogen) atoms. The summed E-state index contributed by atoms with van der Waals surface area (Å²) in [6.45, 7) is 13.9. The minimum atomic E-state index is -0.763. The number of anilines is 1. The molecular weight excluding hydrogens is 625 g/mol. The molecule has 10 nitrogen and oxygen atoms in total. The van der Waals surface area contributed by atoms with Crippen LogP contribution in [0.15, 0.2) is 57.1 Å². The van der Waals surface area contributed by atoms with Crippen LogP contribution in [0.25, 0.3) is 38.8 Å². The molecule has 0 saturated carbocycles. The molecule has 5 aromatic rings. The Morgan fingerprint density at radius 3 is 2.64 bits per heavy atom. The number of pyridine rings is 2. The van der Waals surface area contributed by atoms with Gasteiger partial charge in [0, 0.05) is 41.8 Å². The molecule has 3 aromatic heterocycles. The lowest BCUT2D eigenvalue weighted by molar-refractivity contribution is -0.129.